The molecule has 0 spiro atoms. The van der Waals surface area contributed by atoms with Crippen LogP contribution in [-0.4, -0.2) is 23.6 Å². The largest absolute Gasteiger partial charge is 0.490 e. The molecular formula is C24H23ClN2O4S. The van der Waals surface area contributed by atoms with E-state index in [2.05, 4.69) is 16.9 Å². The second-order valence-corrected chi connectivity index (χ2v) is 8.26. The molecule has 1 heterocycles. The summed E-state index contributed by atoms with van der Waals surface area (Å²) in [5, 5.41) is 3.44. The van der Waals surface area contributed by atoms with Crippen LogP contribution in [0.2, 0.25) is 5.02 Å². The van der Waals surface area contributed by atoms with Gasteiger partial charge in [0.2, 0.25) is 5.91 Å². The smallest absolute Gasteiger partial charge is 0.286 e. The van der Waals surface area contributed by atoms with E-state index in [9.17, 15) is 9.59 Å². The lowest BCUT2D eigenvalue weighted by molar-refractivity contribution is -0.117. The highest BCUT2D eigenvalue weighted by Gasteiger charge is 2.23. The Bertz CT molecular complexity index is 1110. The highest BCUT2D eigenvalue weighted by Crippen LogP contribution is 2.37. The summed E-state index contributed by atoms with van der Waals surface area (Å²) in [5.74, 6) is 0.483. The average Bonchev–Trinajstić information content (AvgIpc) is 3.07. The van der Waals surface area contributed by atoms with Gasteiger partial charge in [0.05, 0.1) is 11.5 Å². The number of rotatable bonds is 8. The summed E-state index contributed by atoms with van der Waals surface area (Å²) in [4.78, 5) is 27.8. The first-order chi connectivity index (χ1) is 15.4. The molecule has 0 unspecified atom stereocenters. The molecule has 1 aliphatic rings. The van der Waals surface area contributed by atoms with Crippen LogP contribution < -0.4 is 14.8 Å². The minimum Gasteiger partial charge on any atom is -0.490 e. The van der Waals surface area contributed by atoms with Gasteiger partial charge in [-0.1, -0.05) is 35.9 Å². The van der Waals surface area contributed by atoms with Crippen LogP contribution >= 0.6 is 23.4 Å². The number of aliphatic imine (C=N–C) groups is 1. The monoisotopic (exact) mass is 470 g/mol. The zero-order valence-corrected chi connectivity index (χ0v) is 19.4. The van der Waals surface area contributed by atoms with E-state index >= 15 is 0 Å². The number of benzene rings is 2. The predicted octanol–water partition coefficient (Wildman–Crippen LogP) is 5.15. The van der Waals surface area contributed by atoms with E-state index in [1.165, 1.54) is 6.92 Å². The van der Waals surface area contributed by atoms with Crippen LogP contribution in [0, 0.1) is 0 Å². The summed E-state index contributed by atoms with van der Waals surface area (Å²) in [6, 6.07) is 11.2. The fourth-order valence-electron chi connectivity index (χ4n) is 3.03. The third-order valence-electron chi connectivity index (χ3n) is 4.35. The summed E-state index contributed by atoms with van der Waals surface area (Å²) in [7, 11) is 0. The van der Waals surface area contributed by atoms with E-state index in [1.54, 1.807) is 12.2 Å². The lowest BCUT2D eigenvalue weighted by atomic mass is 10.0. The van der Waals surface area contributed by atoms with Crippen molar-refractivity contribution >= 4 is 46.4 Å². The Hall–Kier alpha value is -3.03. The van der Waals surface area contributed by atoms with Gasteiger partial charge in [-0.15, -0.1) is 6.58 Å². The minimum absolute atomic E-state index is 0.268. The number of carbonyl (C=O) groups excluding carboxylic acids is 2. The van der Waals surface area contributed by atoms with E-state index in [-0.39, 0.29) is 17.7 Å². The number of ether oxygens (including phenoxy) is 2. The standard InChI is InChI=1S/C24H23ClN2O4S/c1-4-8-17-11-16(13-21-23(29)27-24(32-21)26-15(3)28)12-20(30-5-2)22(17)31-14-18-9-6-7-10-19(18)25/h4,6-7,9-13H,1,5,8,14H2,2-3H3,(H,26,27,28,29)/b21-13+. The fraction of sp³-hybridized carbons (Fsp3) is 0.208. The quantitative estimate of drug-likeness (QED) is 0.426. The first-order valence-corrected chi connectivity index (χ1v) is 11.2. The maximum atomic E-state index is 12.2. The number of amides is 2. The second-order valence-electron chi connectivity index (χ2n) is 6.83. The molecular weight excluding hydrogens is 448 g/mol. The molecule has 0 atom stereocenters. The van der Waals surface area contributed by atoms with Crippen molar-refractivity contribution in [2.75, 3.05) is 6.61 Å². The molecule has 166 valence electrons. The number of halogens is 1. The molecule has 0 aliphatic carbocycles. The second kappa shape index (κ2) is 11.0. The Kier molecular flexibility index (Phi) is 8.14. The molecule has 2 amide bonds. The third kappa shape index (κ3) is 6.02. The van der Waals surface area contributed by atoms with Crippen molar-refractivity contribution in [2.45, 2.75) is 26.9 Å². The molecule has 0 aromatic heterocycles. The van der Waals surface area contributed by atoms with Crippen LogP contribution in [0.5, 0.6) is 11.5 Å². The lowest BCUT2D eigenvalue weighted by Gasteiger charge is -2.17. The lowest BCUT2D eigenvalue weighted by Crippen LogP contribution is -2.23. The van der Waals surface area contributed by atoms with Crippen molar-refractivity contribution in [1.82, 2.24) is 5.32 Å². The number of amidine groups is 1. The number of hydrogen-bond donors (Lipinski definition) is 1. The summed E-state index contributed by atoms with van der Waals surface area (Å²) >= 11 is 7.38. The summed E-state index contributed by atoms with van der Waals surface area (Å²) in [6.45, 7) is 7.82. The van der Waals surface area contributed by atoms with Gasteiger partial charge in [0.15, 0.2) is 16.7 Å². The number of nitrogens with zero attached hydrogens (tertiary/aromatic N) is 1. The molecule has 0 radical (unpaired) electrons. The van der Waals surface area contributed by atoms with Gasteiger partial charge in [0, 0.05) is 23.1 Å². The molecule has 0 fully saturated rings. The Balaban J connectivity index is 1.92. The van der Waals surface area contributed by atoms with Crippen LogP contribution in [0.1, 0.15) is 30.5 Å². The zero-order chi connectivity index (χ0) is 23.1. The minimum atomic E-state index is -0.402. The van der Waals surface area contributed by atoms with Crippen molar-refractivity contribution in [2.24, 2.45) is 4.99 Å². The summed E-state index contributed by atoms with van der Waals surface area (Å²) in [6.07, 6.45) is 4.04. The summed E-state index contributed by atoms with van der Waals surface area (Å²) in [5.41, 5.74) is 2.48. The number of allylic oxidation sites excluding steroid dienone is 1. The zero-order valence-electron chi connectivity index (χ0n) is 17.8. The molecule has 0 saturated carbocycles. The number of carbonyl (C=O) groups is 2. The van der Waals surface area contributed by atoms with Gasteiger partial charge in [-0.3, -0.25) is 9.59 Å². The molecule has 1 N–H and O–H groups in total. The van der Waals surface area contributed by atoms with Crippen molar-refractivity contribution < 1.29 is 19.1 Å². The number of thioether (sulfide) groups is 1. The SMILES string of the molecule is C=CCc1cc(/C=C2/SC(NC(C)=O)=NC2=O)cc(OCC)c1OCc1ccccc1Cl. The molecule has 2 aromatic rings. The highest BCUT2D eigenvalue weighted by atomic mass is 35.5. The summed E-state index contributed by atoms with van der Waals surface area (Å²) < 4.78 is 12.0. The Labute approximate surface area is 196 Å². The fourth-order valence-corrected chi connectivity index (χ4v) is 4.08. The van der Waals surface area contributed by atoms with Gasteiger partial charge in [-0.05, 0) is 54.9 Å². The first kappa shape index (κ1) is 23.6. The van der Waals surface area contributed by atoms with Crippen LogP contribution in [0.25, 0.3) is 6.08 Å². The molecule has 32 heavy (non-hydrogen) atoms. The molecule has 0 bridgehead atoms. The topological polar surface area (TPSA) is 77.0 Å². The average molecular weight is 471 g/mol. The van der Waals surface area contributed by atoms with Crippen molar-refractivity contribution in [1.29, 1.82) is 0 Å². The Morgan fingerprint density at radius 3 is 2.72 bits per heavy atom. The van der Waals surface area contributed by atoms with E-state index in [0.717, 1.165) is 28.5 Å². The van der Waals surface area contributed by atoms with Gasteiger partial charge >= 0.3 is 0 Å². The Morgan fingerprint density at radius 1 is 1.25 bits per heavy atom. The van der Waals surface area contributed by atoms with E-state index in [4.69, 9.17) is 21.1 Å². The molecule has 0 saturated heterocycles. The molecule has 3 rings (SSSR count). The van der Waals surface area contributed by atoms with Crippen LogP contribution in [0.4, 0.5) is 0 Å². The normalized spacial score (nSPS) is 14.3. The van der Waals surface area contributed by atoms with Crippen LogP contribution in [-0.2, 0) is 22.6 Å². The molecule has 1 aliphatic heterocycles. The first-order valence-electron chi connectivity index (χ1n) is 9.98. The van der Waals surface area contributed by atoms with Crippen molar-refractivity contribution in [3.63, 3.8) is 0 Å². The molecule has 8 heteroatoms. The Morgan fingerprint density at radius 2 is 2.03 bits per heavy atom. The van der Waals surface area contributed by atoms with Gasteiger partial charge in [0.25, 0.3) is 5.91 Å². The van der Waals surface area contributed by atoms with E-state index in [0.29, 0.717) is 34.5 Å². The van der Waals surface area contributed by atoms with Crippen LogP contribution in [0.3, 0.4) is 0 Å². The van der Waals surface area contributed by atoms with Crippen molar-refractivity contribution in [3.8, 4) is 11.5 Å². The van der Waals surface area contributed by atoms with Crippen molar-refractivity contribution in [3.05, 3.63) is 75.7 Å². The maximum absolute atomic E-state index is 12.2. The third-order valence-corrected chi connectivity index (χ3v) is 5.62. The van der Waals surface area contributed by atoms with E-state index in [1.807, 2.05) is 43.3 Å². The van der Waals surface area contributed by atoms with Crippen LogP contribution in [0.15, 0.2) is 59.0 Å². The highest BCUT2D eigenvalue weighted by molar-refractivity contribution is 8.18. The number of nitrogens with one attached hydrogen (secondary N) is 1. The molecule has 6 nitrogen and oxygen atoms in total. The van der Waals surface area contributed by atoms with Gasteiger partial charge < -0.3 is 14.8 Å². The van der Waals surface area contributed by atoms with Gasteiger partial charge in [-0.25, -0.2) is 0 Å². The predicted molar refractivity (Wildman–Crippen MR) is 129 cm³/mol. The number of hydrogen-bond acceptors (Lipinski definition) is 5. The van der Waals surface area contributed by atoms with E-state index < -0.39 is 5.91 Å². The maximum Gasteiger partial charge on any atom is 0.286 e. The van der Waals surface area contributed by atoms with Gasteiger partial charge in [0.1, 0.15) is 6.61 Å². The molecule has 2 aromatic carbocycles. The van der Waals surface area contributed by atoms with Gasteiger partial charge in [-0.2, -0.15) is 4.99 Å².